The van der Waals surface area contributed by atoms with Crippen LogP contribution in [-0.2, 0) is 11.3 Å². The van der Waals surface area contributed by atoms with Crippen LogP contribution in [-0.4, -0.2) is 33.0 Å². The van der Waals surface area contributed by atoms with E-state index in [2.05, 4.69) is 28.5 Å². The maximum Gasteiger partial charge on any atom is 0.234 e. The van der Waals surface area contributed by atoms with Crippen LogP contribution in [0.15, 0.2) is 78.0 Å². The Balaban J connectivity index is 1.41. The summed E-state index contributed by atoms with van der Waals surface area (Å²) in [5.41, 5.74) is 2.77. The number of aryl methyl sites for hydroxylation is 1. The van der Waals surface area contributed by atoms with E-state index in [1.165, 1.54) is 11.8 Å². The van der Waals surface area contributed by atoms with Crippen LogP contribution in [0.5, 0.6) is 17.2 Å². The van der Waals surface area contributed by atoms with Gasteiger partial charge in [-0.05, 0) is 62.7 Å². The van der Waals surface area contributed by atoms with Gasteiger partial charge in [-0.3, -0.25) is 4.79 Å². The molecule has 1 aromatic heterocycles. The molecule has 3 aromatic carbocycles. The summed E-state index contributed by atoms with van der Waals surface area (Å²) in [4.78, 5) is 12.8. The van der Waals surface area contributed by atoms with Gasteiger partial charge < -0.3 is 19.4 Å². The van der Waals surface area contributed by atoms with E-state index in [1.807, 2.05) is 85.1 Å². The number of hydrogen-bond donors (Lipinski definition) is 1. The number of hydrogen-bond acceptors (Lipinski definition) is 6. The van der Waals surface area contributed by atoms with Gasteiger partial charge >= 0.3 is 0 Å². The molecule has 0 saturated carbocycles. The largest absolute Gasteiger partial charge is 0.494 e. The number of thioether (sulfide) groups is 1. The van der Waals surface area contributed by atoms with Gasteiger partial charge in [0, 0.05) is 12.1 Å². The minimum absolute atomic E-state index is 0.152. The molecule has 180 valence electrons. The Morgan fingerprint density at radius 1 is 0.943 bits per heavy atom. The van der Waals surface area contributed by atoms with E-state index in [-0.39, 0.29) is 11.7 Å². The minimum atomic E-state index is -0.152. The highest BCUT2D eigenvalue weighted by Gasteiger charge is 2.16. The molecule has 4 rings (SSSR count). The fourth-order valence-corrected chi connectivity index (χ4v) is 4.38. The quantitative estimate of drug-likeness (QED) is 0.268. The highest BCUT2D eigenvalue weighted by atomic mass is 32.2. The summed E-state index contributed by atoms with van der Waals surface area (Å²) in [5.74, 6) is 2.86. The number of carbonyl (C=O) groups excluding carboxylic acids is 1. The molecule has 0 spiro atoms. The first-order valence-electron chi connectivity index (χ1n) is 11.5. The van der Waals surface area contributed by atoms with Gasteiger partial charge in [-0.15, -0.1) is 10.2 Å². The van der Waals surface area contributed by atoms with E-state index in [0.29, 0.717) is 35.5 Å². The van der Waals surface area contributed by atoms with Crippen molar-refractivity contribution in [2.75, 3.05) is 17.7 Å². The molecule has 4 aromatic rings. The number of aromatic nitrogens is 3. The lowest BCUT2D eigenvalue weighted by Gasteiger charge is -2.13. The van der Waals surface area contributed by atoms with Crippen molar-refractivity contribution < 1.29 is 14.3 Å². The zero-order chi connectivity index (χ0) is 24.6. The summed E-state index contributed by atoms with van der Waals surface area (Å²) >= 11 is 1.36. The monoisotopic (exact) mass is 488 g/mol. The molecule has 0 fully saturated rings. The number of anilines is 1. The maximum absolute atomic E-state index is 12.8. The van der Waals surface area contributed by atoms with Crippen molar-refractivity contribution in [2.24, 2.45) is 0 Å². The zero-order valence-electron chi connectivity index (χ0n) is 20.0. The number of nitrogens with one attached hydrogen (secondary N) is 1. The van der Waals surface area contributed by atoms with Crippen molar-refractivity contribution in [3.05, 3.63) is 78.4 Å². The number of carbonyl (C=O) groups is 1. The predicted octanol–water partition coefficient (Wildman–Crippen LogP) is 6.20. The number of benzene rings is 3. The van der Waals surface area contributed by atoms with Crippen LogP contribution >= 0.6 is 11.8 Å². The maximum atomic E-state index is 12.8. The molecule has 1 heterocycles. The minimum Gasteiger partial charge on any atom is -0.494 e. The van der Waals surface area contributed by atoms with Crippen molar-refractivity contribution >= 4 is 23.4 Å². The third-order valence-corrected chi connectivity index (χ3v) is 6.24. The highest BCUT2D eigenvalue weighted by molar-refractivity contribution is 7.99. The van der Waals surface area contributed by atoms with E-state index in [9.17, 15) is 4.79 Å². The first-order valence-corrected chi connectivity index (χ1v) is 12.5. The Hall–Kier alpha value is -3.78. The smallest absolute Gasteiger partial charge is 0.234 e. The van der Waals surface area contributed by atoms with Crippen LogP contribution in [0.25, 0.3) is 11.4 Å². The van der Waals surface area contributed by atoms with E-state index >= 15 is 0 Å². The zero-order valence-corrected chi connectivity index (χ0v) is 20.8. The molecule has 0 aliphatic rings. The molecule has 1 N–H and O–H groups in total. The third kappa shape index (κ3) is 6.02. The van der Waals surface area contributed by atoms with Gasteiger partial charge in [0.25, 0.3) is 0 Å². The van der Waals surface area contributed by atoms with E-state index < -0.39 is 0 Å². The fourth-order valence-electron chi connectivity index (χ4n) is 3.58. The van der Waals surface area contributed by atoms with Crippen molar-refractivity contribution in [1.82, 2.24) is 14.8 Å². The highest BCUT2D eigenvalue weighted by Crippen LogP contribution is 2.31. The molecule has 8 heteroatoms. The van der Waals surface area contributed by atoms with Crippen molar-refractivity contribution in [3.63, 3.8) is 0 Å². The average Bonchev–Trinajstić information content (AvgIpc) is 3.28. The fraction of sp³-hybridized carbons (Fsp3) is 0.222. The normalized spacial score (nSPS) is 10.7. The second-order valence-electron chi connectivity index (χ2n) is 7.70. The topological polar surface area (TPSA) is 78.3 Å². The number of para-hydroxylation sites is 2. The third-order valence-electron chi connectivity index (χ3n) is 5.28. The van der Waals surface area contributed by atoms with Crippen LogP contribution < -0.4 is 14.8 Å². The summed E-state index contributed by atoms with van der Waals surface area (Å²) in [7, 11) is 0. The van der Waals surface area contributed by atoms with Crippen molar-refractivity contribution in [2.45, 2.75) is 32.5 Å². The Morgan fingerprint density at radius 2 is 1.66 bits per heavy atom. The van der Waals surface area contributed by atoms with Gasteiger partial charge in [-0.25, -0.2) is 0 Å². The van der Waals surface area contributed by atoms with Crippen LogP contribution in [0.1, 0.15) is 19.4 Å². The van der Waals surface area contributed by atoms with E-state index in [4.69, 9.17) is 9.47 Å². The average molecular weight is 489 g/mol. The number of rotatable bonds is 10. The Labute approximate surface area is 209 Å². The van der Waals surface area contributed by atoms with Gasteiger partial charge in [0.05, 0.1) is 18.0 Å². The molecule has 0 radical (unpaired) electrons. The predicted molar refractivity (Wildman–Crippen MR) is 139 cm³/mol. The molecule has 1 amide bonds. The summed E-state index contributed by atoms with van der Waals surface area (Å²) < 4.78 is 13.5. The first kappa shape index (κ1) is 24.3. The lowest BCUT2D eigenvalue weighted by atomic mass is 10.1. The second-order valence-corrected chi connectivity index (χ2v) is 8.65. The molecular formula is C27H28N4O3S. The SMILES string of the molecule is CCOc1ccc(Oc2ccccc2NC(=O)CSc2nnc(-c3ccccc3C)n2CC)cc1. The van der Waals surface area contributed by atoms with E-state index in [0.717, 1.165) is 22.7 Å². The molecule has 7 nitrogen and oxygen atoms in total. The summed E-state index contributed by atoms with van der Waals surface area (Å²) in [6.45, 7) is 7.35. The summed E-state index contributed by atoms with van der Waals surface area (Å²) in [6, 6.07) is 22.8. The lowest BCUT2D eigenvalue weighted by Crippen LogP contribution is -2.15. The number of amides is 1. The van der Waals surface area contributed by atoms with Crippen LogP contribution in [0, 0.1) is 6.92 Å². The van der Waals surface area contributed by atoms with Gasteiger partial charge in [0.2, 0.25) is 5.91 Å². The standard InChI is InChI=1S/C27H28N4O3S/c1-4-31-26(22-11-7-6-10-19(22)3)29-30-27(31)35-18-25(32)28-23-12-8-9-13-24(23)34-21-16-14-20(15-17-21)33-5-2/h6-17H,4-5,18H2,1-3H3,(H,28,32). The molecule has 0 bridgehead atoms. The molecule has 0 aliphatic heterocycles. The lowest BCUT2D eigenvalue weighted by molar-refractivity contribution is -0.113. The van der Waals surface area contributed by atoms with Gasteiger partial charge in [0.1, 0.15) is 11.5 Å². The first-order chi connectivity index (χ1) is 17.1. The molecule has 0 unspecified atom stereocenters. The Bertz CT molecular complexity index is 1290. The molecule has 0 atom stereocenters. The van der Waals surface area contributed by atoms with Gasteiger partial charge in [-0.2, -0.15) is 0 Å². The number of nitrogens with zero attached hydrogens (tertiary/aromatic N) is 3. The molecule has 0 aliphatic carbocycles. The van der Waals surface area contributed by atoms with Crippen LogP contribution in [0.3, 0.4) is 0 Å². The van der Waals surface area contributed by atoms with Gasteiger partial charge in [0.15, 0.2) is 16.7 Å². The van der Waals surface area contributed by atoms with Crippen LogP contribution in [0.4, 0.5) is 5.69 Å². The molecule has 35 heavy (non-hydrogen) atoms. The van der Waals surface area contributed by atoms with E-state index in [1.54, 1.807) is 0 Å². The summed E-state index contributed by atoms with van der Waals surface area (Å²) in [5, 5.41) is 12.4. The van der Waals surface area contributed by atoms with Crippen molar-refractivity contribution in [1.29, 1.82) is 0 Å². The second kappa shape index (κ2) is 11.6. The Kier molecular flexibility index (Phi) is 8.05. The molecular weight excluding hydrogens is 460 g/mol. The van der Waals surface area contributed by atoms with Crippen molar-refractivity contribution in [3.8, 4) is 28.6 Å². The Morgan fingerprint density at radius 3 is 2.40 bits per heavy atom. The summed E-state index contributed by atoms with van der Waals surface area (Å²) in [6.07, 6.45) is 0. The molecule has 0 saturated heterocycles. The number of ether oxygens (including phenoxy) is 2. The van der Waals surface area contributed by atoms with Gasteiger partial charge in [-0.1, -0.05) is 48.2 Å². The van der Waals surface area contributed by atoms with Crippen LogP contribution in [0.2, 0.25) is 0 Å².